The van der Waals surface area contributed by atoms with Gasteiger partial charge in [-0.15, -0.1) is 0 Å². The zero-order chi connectivity index (χ0) is 13.9. The summed E-state index contributed by atoms with van der Waals surface area (Å²) in [5.41, 5.74) is 0.220. The van der Waals surface area contributed by atoms with Gasteiger partial charge >= 0.3 is 0 Å². The summed E-state index contributed by atoms with van der Waals surface area (Å²) in [7, 11) is 0. The monoisotopic (exact) mass is 276 g/mol. The molecule has 2 fully saturated rings. The van der Waals surface area contributed by atoms with Crippen LogP contribution in [0.15, 0.2) is 24.3 Å². The zero-order valence-corrected chi connectivity index (χ0v) is 11.7. The van der Waals surface area contributed by atoms with Crippen molar-refractivity contribution in [2.24, 2.45) is 0 Å². The Morgan fingerprint density at radius 3 is 2.70 bits per heavy atom. The Kier molecular flexibility index (Phi) is 4.13. The van der Waals surface area contributed by atoms with Crippen molar-refractivity contribution in [2.75, 3.05) is 32.7 Å². The molecular formula is C16H21FN2O. The molecule has 1 aromatic carbocycles. The summed E-state index contributed by atoms with van der Waals surface area (Å²) < 4.78 is 13.6. The van der Waals surface area contributed by atoms with Crippen molar-refractivity contribution in [3.8, 4) is 0 Å². The predicted octanol–water partition coefficient (Wildman–Crippen LogP) is 2.18. The molecule has 3 rings (SSSR count). The molecule has 1 unspecified atom stereocenters. The number of nitrogens with zero attached hydrogens (tertiary/aromatic N) is 2. The van der Waals surface area contributed by atoms with Gasteiger partial charge in [-0.25, -0.2) is 4.39 Å². The fourth-order valence-electron chi connectivity index (χ4n) is 3.34. The molecule has 1 atom stereocenters. The van der Waals surface area contributed by atoms with Crippen LogP contribution in [0.4, 0.5) is 4.39 Å². The van der Waals surface area contributed by atoms with Crippen LogP contribution in [0.5, 0.6) is 0 Å². The molecule has 2 heterocycles. The second kappa shape index (κ2) is 6.02. The summed E-state index contributed by atoms with van der Waals surface area (Å²) in [5, 5.41) is 0. The van der Waals surface area contributed by atoms with Gasteiger partial charge in [-0.2, -0.15) is 0 Å². The van der Waals surface area contributed by atoms with Gasteiger partial charge in [0.15, 0.2) is 5.78 Å². The molecule has 2 saturated heterocycles. The van der Waals surface area contributed by atoms with E-state index < -0.39 is 5.82 Å². The van der Waals surface area contributed by atoms with Gasteiger partial charge in [0.05, 0.1) is 12.1 Å². The van der Waals surface area contributed by atoms with Gasteiger partial charge in [0.1, 0.15) is 5.82 Å². The van der Waals surface area contributed by atoms with Crippen molar-refractivity contribution in [1.82, 2.24) is 9.80 Å². The highest BCUT2D eigenvalue weighted by atomic mass is 19.1. The molecule has 4 heteroatoms. The lowest BCUT2D eigenvalue weighted by Gasteiger charge is -2.23. The first-order valence-electron chi connectivity index (χ1n) is 7.48. The Hall–Kier alpha value is -1.26. The summed E-state index contributed by atoms with van der Waals surface area (Å²) in [6.45, 7) is 4.62. The quantitative estimate of drug-likeness (QED) is 0.788. The van der Waals surface area contributed by atoms with E-state index in [-0.39, 0.29) is 11.3 Å². The molecule has 0 saturated carbocycles. The number of likely N-dealkylation sites (tertiary alicyclic amines) is 2. The lowest BCUT2D eigenvalue weighted by molar-refractivity contribution is 0.0936. The van der Waals surface area contributed by atoms with E-state index in [1.807, 2.05) is 0 Å². The molecule has 0 bridgehead atoms. The first-order valence-corrected chi connectivity index (χ1v) is 7.48. The Morgan fingerprint density at radius 1 is 1.20 bits per heavy atom. The van der Waals surface area contributed by atoms with Crippen LogP contribution in [-0.2, 0) is 0 Å². The number of halogens is 1. The van der Waals surface area contributed by atoms with E-state index in [9.17, 15) is 9.18 Å². The summed E-state index contributed by atoms with van der Waals surface area (Å²) >= 11 is 0. The van der Waals surface area contributed by atoms with Gasteiger partial charge in [0.2, 0.25) is 0 Å². The van der Waals surface area contributed by atoms with E-state index in [1.165, 1.54) is 32.0 Å². The van der Waals surface area contributed by atoms with Gasteiger partial charge in [-0.3, -0.25) is 14.6 Å². The molecule has 0 amide bonds. The molecule has 0 aromatic heterocycles. The number of ketones is 1. The second-order valence-electron chi connectivity index (χ2n) is 5.82. The average Bonchev–Trinajstić information content (AvgIpc) is 3.09. The second-order valence-corrected chi connectivity index (χ2v) is 5.82. The van der Waals surface area contributed by atoms with Crippen LogP contribution in [0.3, 0.4) is 0 Å². The number of rotatable bonds is 4. The van der Waals surface area contributed by atoms with Gasteiger partial charge in [0.25, 0.3) is 0 Å². The van der Waals surface area contributed by atoms with Crippen LogP contribution >= 0.6 is 0 Å². The molecular weight excluding hydrogens is 255 g/mol. The lowest BCUT2D eigenvalue weighted by atomic mass is 10.1. The maximum Gasteiger partial charge on any atom is 0.179 e. The molecule has 20 heavy (non-hydrogen) atoms. The van der Waals surface area contributed by atoms with E-state index in [1.54, 1.807) is 18.2 Å². The lowest BCUT2D eigenvalue weighted by Crippen LogP contribution is -2.36. The van der Waals surface area contributed by atoms with Crippen LogP contribution in [0.2, 0.25) is 0 Å². The molecule has 0 spiro atoms. The first kappa shape index (κ1) is 13.7. The van der Waals surface area contributed by atoms with Gasteiger partial charge in [-0.05, 0) is 44.5 Å². The Balaban J connectivity index is 1.56. The van der Waals surface area contributed by atoms with Crippen molar-refractivity contribution < 1.29 is 9.18 Å². The first-order chi connectivity index (χ1) is 9.74. The van der Waals surface area contributed by atoms with Crippen molar-refractivity contribution in [3.05, 3.63) is 35.6 Å². The van der Waals surface area contributed by atoms with Crippen LogP contribution in [-0.4, -0.2) is 54.3 Å². The van der Waals surface area contributed by atoms with E-state index in [2.05, 4.69) is 9.80 Å². The zero-order valence-electron chi connectivity index (χ0n) is 11.7. The standard InChI is InChI=1S/C16H21FN2O/c17-15-6-2-1-5-14(15)16(20)12-18-10-7-13(11-18)19-8-3-4-9-19/h1-2,5-6,13H,3-4,7-12H2. The summed E-state index contributed by atoms with van der Waals surface area (Å²) in [6.07, 6.45) is 3.72. The number of hydrogen-bond acceptors (Lipinski definition) is 3. The van der Waals surface area contributed by atoms with Crippen LogP contribution in [0.25, 0.3) is 0 Å². The molecule has 0 radical (unpaired) electrons. The van der Waals surface area contributed by atoms with E-state index >= 15 is 0 Å². The fraction of sp³-hybridized carbons (Fsp3) is 0.562. The third kappa shape index (κ3) is 2.91. The Morgan fingerprint density at radius 2 is 1.95 bits per heavy atom. The minimum atomic E-state index is -0.409. The van der Waals surface area contributed by atoms with Crippen molar-refractivity contribution in [1.29, 1.82) is 0 Å². The fourth-order valence-corrected chi connectivity index (χ4v) is 3.34. The topological polar surface area (TPSA) is 23.6 Å². The van der Waals surface area contributed by atoms with Crippen LogP contribution in [0.1, 0.15) is 29.6 Å². The van der Waals surface area contributed by atoms with Crippen molar-refractivity contribution >= 4 is 5.78 Å². The van der Waals surface area contributed by atoms with Gasteiger partial charge in [-0.1, -0.05) is 12.1 Å². The third-order valence-electron chi connectivity index (χ3n) is 4.45. The maximum absolute atomic E-state index is 13.6. The van der Waals surface area contributed by atoms with E-state index in [4.69, 9.17) is 0 Å². The Labute approximate surface area is 119 Å². The number of Topliss-reactive ketones (excluding diaryl/α,β-unsaturated/α-hetero) is 1. The van der Waals surface area contributed by atoms with Gasteiger partial charge in [0, 0.05) is 19.1 Å². The largest absolute Gasteiger partial charge is 0.299 e. The average molecular weight is 276 g/mol. The molecule has 2 aliphatic rings. The Bertz CT molecular complexity index is 485. The maximum atomic E-state index is 13.6. The number of benzene rings is 1. The predicted molar refractivity (Wildman–Crippen MR) is 76.4 cm³/mol. The van der Waals surface area contributed by atoms with Crippen molar-refractivity contribution in [2.45, 2.75) is 25.3 Å². The molecule has 108 valence electrons. The molecule has 0 aliphatic carbocycles. The molecule has 0 N–H and O–H groups in total. The minimum absolute atomic E-state index is 0.106. The molecule has 3 nitrogen and oxygen atoms in total. The van der Waals surface area contributed by atoms with E-state index in [0.29, 0.717) is 12.6 Å². The SMILES string of the molecule is O=C(CN1CCC(N2CCCC2)C1)c1ccccc1F. The summed E-state index contributed by atoms with van der Waals surface area (Å²) in [6, 6.07) is 6.85. The third-order valence-corrected chi connectivity index (χ3v) is 4.45. The summed E-state index contributed by atoms with van der Waals surface area (Å²) in [5.74, 6) is -0.516. The van der Waals surface area contributed by atoms with Crippen LogP contribution in [0, 0.1) is 5.82 Å². The smallest absolute Gasteiger partial charge is 0.179 e. The van der Waals surface area contributed by atoms with Crippen LogP contribution < -0.4 is 0 Å². The summed E-state index contributed by atoms with van der Waals surface area (Å²) in [4.78, 5) is 16.9. The number of carbonyl (C=O) groups is 1. The van der Waals surface area contributed by atoms with Gasteiger partial charge < -0.3 is 0 Å². The normalized spacial score (nSPS) is 24.4. The highest BCUT2D eigenvalue weighted by Crippen LogP contribution is 2.20. The molecule has 2 aliphatic heterocycles. The minimum Gasteiger partial charge on any atom is -0.299 e. The molecule has 1 aromatic rings. The highest BCUT2D eigenvalue weighted by molar-refractivity contribution is 5.97. The van der Waals surface area contributed by atoms with E-state index in [0.717, 1.165) is 19.5 Å². The number of carbonyl (C=O) groups excluding carboxylic acids is 1. The van der Waals surface area contributed by atoms with Crippen molar-refractivity contribution in [3.63, 3.8) is 0 Å². The highest BCUT2D eigenvalue weighted by Gasteiger charge is 2.30. The number of hydrogen-bond donors (Lipinski definition) is 0.